The number of hydrogen-bond acceptors (Lipinski definition) is 3. The standard InChI is InChI=1S/C12H11F3N2O/c1-8(10-3-2-6-18-10)17-11-7-9(4-5-16-11)12(13,14)15/h2-8H,1H3,(H,16,17). The van der Waals surface area contributed by atoms with E-state index < -0.39 is 11.7 Å². The Morgan fingerprint density at radius 2 is 2.11 bits per heavy atom. The van der Waals surface area contributed by atoms with Crippen LogP contribution in [0, 0.1) is 0 Å². The Kier molecular flexibility index (Phi) is 3.27. The molecule has 0 radical (unpaired) electrons. The van der Waals surface area contributed by atoms with Gasteiger partial charge in [-0.3, -0.25) is 0 Å². The largest absolute Gasteiger partial charge is 0.467 e. The highest BCUT2D eigenvalue weighted by Crippen LogP contribution is 2.30. The molecule has 0 aliphatic heterocycles. The van der Waals surface area contributed by atoms with Gasteiger partial charge in [0.1, 0.15) is 11.6 Å². The molecule has 96 valence electrons. The Morgan fingerprint density at radius 3 is 2.72 bits per heavy atom. The normalized spacial score (nSPS) is 13.3. The third kappa shape index (κ3) is 2.82. The molecule has 0 aromatic carbocycles. The van der Waals surface area contributed by atoms with Gasteiger partial charge in [-0.15, -0.1) is 0 Å². The molecule has 0 bridgehead atoms. The number of anilines is 1. The highest BCUT2D eigenvalue weighted by molar-refractivity contribution is 5.40. The van der Waals surface area contributed by atoms with Crippen molar-refractivity contribution in [2.24, 2.45) is 0 Å². The summed E-state index contributed by atoms with van der Waals surface area (Å²) in [6.07, 6.45) is -1.74. The molecule has 2 rings (SSSR count). The van der Waals surface area contributed by atoms with E-state index in [0.29, 0.717) is 5.76 Å². The molecule has 0 amide bonds. The molecule has 0 aliphatic carbocycles. The van der Waals surface area contributed by atoms with Gasteiger partial charge in [0.15, 0.2) is 0 Å². The smallest absolute Gasteiger partial charge is 0.416 e. The average Bonchev–Trinajstić information content (AvgIpc) is 2.81. The lowest BCUT2D eigenvalue weighted by Crippen LogP contribution is -2.10. The topological polar surface area (TPSA) is 38.1 Å². The highest BCUT2D eigenvalue weighted by Gasteiger charge is 2.30. The monoisotopic (exact) mass is 256 g/mol. The molecular weight excluding hydrogens is 245 g/mol. The summed E-state index contributed by atoms with van der Waals surface area (Å²) in [6.45, 7) is 1.78. The van der Waals surface area contributed by atoms with Crippen molar-refractivity contribution in [3.8, 4) is 0 Å². The van der Waals surface area contributed by atoms with Gasteiger partial charge in [0.25, 0.3) is 0 Å². The van der Waals surface area contributed by atoms with Gasteiger partial charge in [-0.2, -0.15) is 13.2 Å². The van der Waals surface area contributed by atoms with Crippen molar-refractivity contribution in [3.63, 3.8) is 0 Å². The molecule has 0 aliphatic rings. The van der Waals surface area contributed by atoms with Gasteiger partial charge >= 0.3 is 6.18 Å². The van der Waals surface area contributed by atoms with E-state index >= 15 is 0 Å². The summed E-state index contributed by atoms with van der Waals surface area (Å²) in [5.74, 6) is 0.794. The summed E-state index contributed by atoms with van der Waals surface area (Å²) >= 11 is 0. The summed E-state index contributed by atoms with van der Waals surface area (Å²) < 4.78 is 42.7. The van der Waals surface area contributed by atoms with Crippen LogP contribution in [0.2, 0.25) is 0 Å². The number of rotatable bonds is 3. The molecule has 0 saturated carbocycles. The van der Waals surface area contributed by atoms with Crippen molar-refractivity contribution in [2.75, 3.05) is 5.32 Å². The zero-order valence-electron chi connectivity index (χ0n) is 9.53. The second-order valence-corrected chi connectivity index (χ2v) is 3.81. The maximum absolute atomic E-state index is 12.5. The van der Waals surface area contributed by atoms with Crippen LogP contribution in [-0.2, 0) is 6.18 Å². The predicted molar refractivity (Wildman–Crippen MR) is 60.0 cm³/mol. The maximum Gasteiger partial charge on any atom is 0.416 e. The third-order valence-electron chi connectivity index (χ3n) is 2.42. The molecule has 3 nitrogen and oxygen atoms in total. The summed E-state index contributed by atoms with van der Waals surface area (Å²) in [5, 5.41) is 2.85. The molecule has 2 aromatic heterocycles. The van der Waals surface area contributed by atoms with Crippen molar-refractivity contribution in [3.05, 3.63) is 48.0 Å². The van der Waals surface area contributed by atoms with Crippen LogP contribution in [-0.4, -0.2) is 4.98 Å². The number of halogens is 3. The number of alkyl halides is 3. The van der Waals surface area contributed by atoms with Crippen molar-refractivity contribution in [1.82, 2.24) is 4.98 Å². The molecule has 1 N–H and O–H groups in total. The number of aromatic nitrogens is 1. The lowest BCUT2D eigenvalue weighted by molar-refractivity contribution is -0.137. The fourth-order valence-electron chi connectivity index (χ4n) is 1.52. The van der Waals surface area contributed by atoms with E-state index in [9.17, 15) is 13.2 Å². The van der Waals surface area contributed by atoms with Crippen LogP contribution in [0.4, 0.5) is 19.0 Å². The second-order valence-electron chi connectivity index (χ2n) is 3.81. The van der Waals surface area contributed by atoms with E-state index in [-0.39, 0.29) is 11.9 Å². The SMILES string of the molecule is CC(Nc1cc(C(F)(F)F)ccn1)c1ccco1. The molecule has 0 spiro atoms. The quantitative estimate of drug-likeness (QED) is 0.905. The van der Waals surface area contributed by atoms with Crippen molar-refractivity contribution < 1.29 is 17.6 Å². The Hall–Kier alpha value is -1.98. The van der Waals surface area contributed by atoms with Gasteiger partial charge < -0.3 is 9.73 Å². The molecule has 0 saturated heterocycles. The Bertz CT molecular complexity index is 508. The molecular formula is C12H11F3N2O. The fourth-order valence-corrected chi connectivity index (χ4v) is 1.52. The fraction of sp³-hybridized carbons (Fsp3) is 0.250. The first-order valence-corrected chi connectivity index (χ1v) is 5.30. The summed E-state index contributed by atoms with van der Waals surface area (Å²) in [5.41, 5.74) is -0.730. The molecule has 0 fully saturated rings. The van der Waals surface area contributed by atoms with E-state index in [2.05, 4.69) is 10.3 Å². The first-order valence-electron chi connectivity index (χ1n) is 5.30. The minimum absolute atomic E-state index is 0.161. The number of hydrogen-bond donors (Lipinski definition) is 1. The van der Waals surface area contributed by atoms with Gasteiger partial charge in [0.05, 0.1) is 17.9 Å². The van der Waals surface area contributed by atoms with E-state index in [1.54, 1.807) is 19.1 Å². The van der Waals surface area contributed by atoms with E-state index in [1.165, 1.54) is 6.26 Å². The van der Waals surface area contributed by atoms with Crippen LogP contribution in [0.15, 0.2) is 41.1 Å². The summed E-state index contributed by atoms with van der Waals surface area (Å²) in [7, 11) is 0. The van der Waals surface area contributed by atoms with Gasteiger partial charge in [-0.1, -0.05) is 0 Å². The third-order valence-corrected chi connectivity index (χ3v) is 2.42. The number of pyridine rings is 1. The molecule has 2 heterocycles. The zero-order chi connectivity index (χ0) is 13.2. The van der Waals surface area contributed by atoms with Crippen LogP contribution in [0.1, 0.15) is 24.3 Å². The highest BCUT2D eigenvalue weighted by atomic mass is 19.4. The van der Waals surface area contributed by atoms with Gasteiger partial charge in [0, 0.05) is 6.20 Å². The molecule has 6 heteroatoms. The van der Waals surface area contributed by atoms with E-state index in [1.807, 2.05) is 0 Å². The lowest BCUT2D eigenvalue weighted by Gasteiger charge is -2.13. The van der Waals surface area contributed by atoms with Crippen LogP contribution in [0.3, 0.4) is 0 Å². The molecule has 1 atom stereocenters. The van der Waals surface area contributed by atoms with Gasteiger partial charge in [-0.25, -0.2) is 4.98 Å². The summed E-state index contributed by atoms with van der Waals surface area (Å²) in [4.78, 5) is 3.85. The van der Waals surface area contributed by atoms with Crippen molar-refractivity contribution >= 4 is 5.82 Å². The summed E-state index contributed by atoms with van der Waals surface area (Å²) in [6, 6.07) is 5.11. The minimum atomic E-state index is -4.37. The van der Waals surface area contributed by atoms with Crippen LogP contribution >= 0.6 is 0 Å². The maximum atomic E-state index is 12.5. The lowest BCUT2D eigenvalue weighted by atomic mass is 10.2. The van der Waals surface area contributed by atoms with Gasteiger partial charge in [-0.05, 0) is 31.2 Å². The van der Waals surface area contributed by atoms with E-state index in [0.717, 1.165) is 18.3 Å². The number of nitrogens with one attached hydrogen (secondary N) is 1. The Balaban J connectivity index is 2.15. The number of nitrogens with zero attached hydrogens (tertiary/aromatic N) is 1. The minimum Gasteiger partial charge on any atom is -0.467 e. The Labute approximate surface area is 102 Å². The molecule has 1 unspecified atom stereocenters. The van der Waals surface area contributed by atoms with Crippen molar-refractivity contribution in [2.45, 2.75) is 19.1 Å². The Morgan fingerprint density at radius 1 is 1.33 bits per heavy atom. The number of furan rings is 1. The molecule has 18 heavy (non-hydrogen) atoms. The van der Waals surface area contributed by atoms with E-state index in [4.69, 9.17) is 4.42 Å². The van der Waals surface area contributed by atoms with Gasteiger partial charge in [0.2, 0.25) is 0 Å². The first-order chi connectivity index (χ1) is 8.47. The zero-order valence-corrected chi connectivity index (χ0v) is 9.53. The first kappa shape index (κ1) is 12.5. The van der Waals surface area contributed by atoms with Crippen LogP contribution in [0.25, 0.3) is 0 Å². The predicted octanol–water partition coefficient (Wildman–Crippen LogP) is 3.87. The molecule has 2 aromatic rings. The van der Waals surface area contributed by atoms with Crippen LogP contribution < -0.4 is 5.32 Å². The van der Waals surface area contributed by atoms with Crippen LogP contribution in [0.5, 0.6) is 0 Å². The average molecular weight is 256 g/mol. The van der Waals surface area contributed by atoms with Crippen molar-refractivity contribution in [1.29, 1.82) is 0 Å². The second kappa shape index (κ2) is 4.72.